The minimum Gasteiger partial charge on any atom is -0.309 e. The molecule has 0 fully saturated rings. The molecule has 2 aromatic rings. The summed E-state index contributed by atoms with van der Waals surface area (Å²) in [7, 11) is 0. The van der Waals surface area contributed by atoms with Crippen LogP contribution in [0.2, 0.25) is 0 Å². The Hall–Kier alpha value is -1.75. The monoisotopic (exact) mass is 273 g/mol. The summed E-state index contributed by atoms with van der Waals surface area (Å²) >= 11 is 0. The van der Waals surface area contributed by atoms with Crippen molar-refractivity contribution in [2.24, 2.45) is 0 Å². The number of aromatic nitrogens is 4. The lowest BCUT2D eigenvalue weighted by Crippen LogP contribution is -2.26. The molecule has 108 valence electrons. The van der Waals surface area contributed by atoms with Gasteiger partial charge in [0.1, 0.15) is 12.2 Å². The number of pyridine rings is 1. The van der Waals surface area contributed by atoms with Crippen molar-refractivity contribution in [3.8, 4) is 0 Å². The lowest BCUT2D eigenvalue weighted by molar-refractivity contribution is 0.494. The van der Waals surface area contributed by atoms with Crippen LogP contribution in [0.3, 0.4) is 0 Å². The molecule has 0 aliphatic rings. The number of rotatable bonds is 7. The van der Waals surface area contributed by atoms with Crippen molar-refractivity contribution in [3.63, 3.8) is 0 Å². The zero-order valence-corrected chi connectivity index (χ0v) is 12.5. The zero-order chi connectivity index (χ0) is 14.4. The topological polar surface area (TPSA) is 55.6 Å². The largest absolute Gasteiger partial charge is 0.309 e. The zero-order valence-electron chi connectivity index (χ0n) is 12.5. The first kappa shape index (κ1) is 14.7. The fraction of sp³-hybridized carbons (Fsp3) is 0.533. The van der Waals surface area contributed by atoms with Gasteiger partial charge >= 0.3 is 0 Å². The molecular weight excluding hydrogens is 250 g/mol. The minimum absolute atomic E-state index is 0.234. The molecule has 0 radical (unpaired) electrons. The maximum atomic E-state index is 4.38. The third-order valence-corrected chi connectivity index (χ3v) is 3.48. The predicted molar refractivity (Wildman–Crippen MR) is 79.4 cm³/mol. The molecule has 0 saturated heterocycles. The summed E-state index contributed by atoms with van der Waals surface area (Å²) in [5.41, 5.74) is 2.50. The second-order valence-corrected chi connectivity index (χ2v) is 4.94. The molecule has 0 aromatic carbocycles. The molecule has 0 amide bonds. The number of nitrogens with one attached hydrogen (secondary N) is 1. The van der Waals surface area contributed by atoms with Gasteiger partial charge in [0.25, 0.3) is 0 Å². The lowest BCUT2D eigenvalue weighted by atomic mass is 10.0. The van der Waals surface area contributed by atoms with Gasteiger partial charge in [0.15, 0.2) is 0 Å². The maximum absolute atomic E-state index is 4.38. The highest BCUT2D eigenvalue weighted by Crippen LogP contribution is 2.20. The summed E-state index contributed by atoms with van der Waals surface area (Å²) in [6, 6.07) is 2.29. The van der Waals surface area contributed by atoms with E-state index in [4.69, 9.17) is 0 Å². The van der Waals surface area contributed by atoms with E-state index < -0.39 is 0 Å². The smallest absolute Gasteiger partial charge is 0.138 e. The second kappa shape index (κ2) is 7.14. The third-order valence-electron chi connectivity index (χ3n) is 3.48. The molecule has 5 heteroatoms. The molecule has 0 aliphatic carbocycles. The quantitative estimate of drug-likeness (QED) is 0.841. The highest BCUT2D eigenvalue weighted by atomic mass is 15.3. The molecule has 0 saturated carbocycles. The van der Waals surface area contributed by atoms with Crippen LogP contribution in [0.4, 0.5) is 0 Å². The Morgan fingerprint density at radius 2 is 2.20 bits per heavy atom. The maximum Gasteiger partial charge on any atom is 0.138 e. The summed E-state index contributed by atoms with van der Waals surface area (Å²) in [5.74, 6) is 1.02. The fourth-order valence-corrected chi connectivity index (χ4v) is 2.34. The molecule has 1 N–H and O–H groups in total. The molecule has 2 heterocycles. The summed E-state index contributed by atoms with van der Waals surface area (Å²) in [6.07, 6.45) is 7.36. The van der Waals surface area contributed by atoms with Crippen molar-refractivity contribution in [1.29, 1.82) is 0 Å². The number of nitrogens with zero attached hydrogens (tertiary/aromatic N) is 4. The van der Waals surface area contributed by atoms with Crippen LogP contribution in [0.1, 0.15) is 43.3 Å². The van der Waals surface area contributed by atoms with E-state index in [1.54, 1.807) is 6.33 Å². The van der Waals surface area contributed by atoms with E-state index in [0.717, 1.165) is 31.8 Å². The Morgan fingerprint density at radius 1 is 1.35 bits per heavy atom. The Labute approximate surface area is 120 Å². The molecule has 2 rings (SSSR count). The van der Waals surface area contributed by atoms with Gasteiger partial charge in [-0.25, -0.2) is 4.98 Å². The number of hydrogen-bond donors (Lipinski definition) is 1. The van der Waals surface area contributed by atoms with Crippen LogP contribution in [0.5, 0.6) is 0 Å². The van der Waals surface area contributed by atoms with Gasteiger partial charge in [-0.3, -0.25) is 9.67 Å². The Morgan fingerprint density at radius 3 is 2.90 bits per heavy atom. The first-order valence-electron chi connectivity index (χ1n) is 7.26. The van der Waals surface area contributed by atoms with Gasteiger partial charge in [0.05, 0.1) is 0 Å². The van der Waals surface area contributed by atoms with E-state index in [2.05, 4.69) is 47.2 Å². The van der Waals surface area contributed by atoms with Gasteiger partial charge < -0.3 is 5.32 Å². The van der Waals surface area contributed by atoms with Gasteiger partial charge in [-0.1, -0.05) is 6.92 Å². The van der Waals surface area contributed by atoms with Crippen LogP contribution >= 0.6 is 0 Å². The first-order valence-corrected chi connectivity index (χ1v) is 7.26. The van der Waals surface area contributed by atoms with Crippen molar-refractivity contribution in [2.45, 2.75) is 46.2 Å². The Kier molecular flexibility index (Phi) is 5.24. The van der Waals surface area contributed by atoms with Crippen molar-refractivity contribution in [2.75, 3.05) is 6.54 Å². The summed E-state index contributed by atoms with van der Waals surface area (Å²) < 4.78 is 1.95. The SMILES string of the molecule is CCCNC(Cc1ncnn1CC)c1cnccc1C. The average molecular weight is 273 g/mol. The summed E-state index contributed by atoms with van der Waals surface area (Å²) in [4.78, 5) is 8.65. The minimum atomic E-state index is 0.234. The Bertz CT molecular complexity index is 535. The number of hydrogen-bond acceptors (Lipinski definition) is 4. The molecule has 20 heavy (non-hydrogen) atoms. The normalized spacial score (nSPS) is 12.6. The van der Waals surface area contributed by atoms with Crippen LogP contribution in [0, 0.1) is 6.92 Å². The van der Waals surface area contributed by atoms with E-state index >= 15 is 0 Å². The molecule has 1 unspecified atom stereocenters. The summed E-state index contributed by atoms with van der Waals surface area (Å²) in [6.45, 7) is 8.22. The lowest BCUT2D eigenvalue weighted by Gasteiger charge is -2.20. The predicted octanol–water partition coefficient (Wildman–Crippen LogP) is 2.28. The highest BCUT2D eigenvalue weighted by Gasteiger charge is 2.17. The first-order chi connectivity index (χ1) is 9.76. The Balaban J connectivity index is 2.22. The van der Waals surface area contributed by atoms with E-state index in [0.29, 0.717) is 0 Å². The average Bonchev–Trinajstić information content (AvgIpc) is 2.91. The number of aryl methyl sites for hydroxylation is 2. The molecule has 1 atom stereocenters. The molecule has 0 spiro atoms. The van der Waals surface area contributed by atoms with Crippen LogP contribution in [0.25, 0.3) is 0 Å². The standard InChI is InChI=1S/C15H23N5/c1-4-7-17-14(13-10-16-8-6-12(13)3)9-15-18-11-19-20(15)5-2/h6,8,10-11,14,17H,4-5,7,9H2,1-3H3. The van der Waals surface area contributed by atoms with E-state index in [1.807, 2.05) is 17.1 Å². The van der Waals surface area contributed by atoms with E-state index in [9.17, 15) is 0 Å². The second-order valence-electron chi connectivity index (χ2n) is 4.94. The highest BCUT2D eigenvalue weighted by molar-refractivity contribution is 5.26. The summed E-state index contributed by atoms with van der Waals surface area (Å²) in [5, 5.41) is 7.84. The van der Waals surface area contributed by atoms with Crippen molar-refractivity contribution < 1.29 is 0 Å². The molecule has 2 aromatic heterocycles. The molecule has 0 bridgehead atoms. The van der Waals surface area contributed by atoms with Crippen LogP contribution in [-0.4, -0.2) is 26.3 Å². The van der Waals surface area contributed by atoms with E-state index in [1.165, 1.54) is 11.1 Å². The van der Waals surface area contributed by atoms with Crippen LogP contribution in [0.15, 0.2) is 24.8 Å². The van der Waals surface area contributed by atoms with Crippen LogP contribution < -0.4 is 5.32 Å². The third kappa shape index (κ3) is 3.42. The fourth-order valence-electron chi connectivity index (χ4n) is 2.34. The van der Waals surface area contributed by atoms with Gasteiger partial charge in [0, 0.05) is 31.4 Å². The van der Waals surface area contributed by atoms with Crippen molar-refractivity contribution in [3.05, 3.63) is 41.7 Å². The van der Waals surface area contributed by atoms with Crippen molar-refractivity contribution >= 4 is 0 Å². The van der Waals surface area contributed by atoms with Gasteiger partial charge in [0.2, 0.25) is 0 Å². The van der Waals surface area contributed by atoms with Gasteiger partial charge in [-0.05, 0) is 44.0 Å². The van der Waals surface area contributed by atoms with Gasteiger partial charge in [-0.2, -0.15) is 5.10 Å². The molecule has 5 nitrogen and oxygen atoms in total. The van der Waals surface area contributed by atoms with Crippen LogP contribution in [-0.2, 0) is 13.0 Å². The molecular formula is C15H23N5. The molecule has 0 aliphatic heterocycles. The van der Waals surface area contributed by atoms with Gasteiger partial charge in [-0.15, -0.1) is 0 Å². The van der Waals surface area contributed by atoms with Crippen molar-refractivity contribution in [1.82, 2.24) is 25.1 Å². The van der Waals surface area contributed by atoms with E-state index in [-0.39, 0.29) is 6.04 Å².